The molecule has 3 rings (SSSR count). The van der Waals surface area contributed by atoms with E-state index in [9.17, 15) is 24.6 Å². The van der Waals surface area contributed by atoms with Crippen LogP contribution < -0.4 is 5.32 Å². The third-order valence-corrected chi connectivity index (χ3v) is 5.14. The number of hydrogen-bond donors (Lipinski definition) is 3. The van der Waals surface area contributed by atoms with Crippen LogP contribution in [0.5, 0.6) is 0 Å². The van der Waals surface area contributed by atoms with Crippen LogP contribution in [0.3, 0.4) is 0 Å². The summed E-state index contributed by atoms with van der Waals surface area (Å²) in [6.07, 6.45) is -1.48. The standard InChI is InChI=1S/C25H26N2O6/c1-27(15-22(28)24(31)33-16-17-7-3-2-4-8-17)25(32)26-21(23(29)30)14-18-11-12-19-9-5-6-10-20(19)13-18/h2-13,21-22,28H,14-16H2,1H3,(H,26,32)(H,29,30)/t21-,22?/m0/s1. The molecule has 0 saturated carbocycles. The van der Waals surface area contributed by atoms with Gasteiger partial charge in [0.2, 0.25) is 0 Å². The summed E-state index contributed by atoms with van der Waals surface area (Å²) >= 11 is 0. The van der Waals surface area contributed by atoms with Gasteiger partial charge in [-0.2, -0.15) is 0 Å². The number of carbonyl (C=O) groups excluding carboxylic acids is 2. The number of likely N-dealkylation sites (N-methyl/N-ethyl adjacent to an activating group) is 1. The predicted molar refractivity (Wildman–Crippen MR) is 122 cm³/mol. The maximum absolute atomic E-state index is 12.5. The van der Waals surface area contributed by atoms with Crippen molar-refractivity contribution >= 4 is 28.7 Å². The maximum Gasteiger partial charge on any atom is 0.337 e. The van der Waals surface area contributed by atoms with Crippen LogP contribution in [0.2, 0.25) is 0 Å². The maximum atomic E-state index is 12.5. The first-order chi connectivity index (χ1) is 15.8. The van der Waals surface area contributed by atoms with E-state index in [1.807, 2.05) is 48.5 Å². The highest BCUT2D eigenvalue weighted by Gasteiger charge is 2.25. The SMILES string of the molecule is CN(CC(O)C(=O)OCc1ccccc1)C(=O)N[C@@H](Cc1ccc2ccccc2c1)C(=O)O. The number of carbonyl (C=O) groups is 3. The van der Waals surface area contributed by atoms with Gasteiger partial charge in [0.05, 0.1) is 6.54 Å². The third kappa shape index (κ3) is 6.78. The molecule has 8 nitrogen and oxygen atoms in total. The van der Waals surface area contributed by atoms with Gasteiger partial charge in [0, 0.05) is 13.5 Å². The van der Waals surface area contributed by atoms with Gasteiger partial charge in [-0.25, -0.2) is 14.4 Å². The van der Waals surface area contributed by atoms with E-state index in [4.69, 9.17) is 4.74 Å². The van der Waals surface area contributed by atoms with E-state index in [1.54, 1.807) is 24.3 Å². The summed E-state index contributed by atoms with van der Waals surface area (Å²) in [6.45, 7) is -0.346. The number of aliphatic hydroxyl groups excluding tert-OH is 1. The van der Waals surface area contributed by atoms with Crippen LogP contribution in [0.4, 0.5) is 4.79 Å². The topological polar surface area (TPSA) is 116 Å². The number of rotatable bonds is 9. The fraction of sp³-hybridized carbons (Fsp3) is 0.240. The highest BCUT2D eigenvalue weighted by Crippen LogP contribution is 2.17. The number of aliphatic carboxylic acids is 1. The van der Waals surface area contributed by atoms with Gasteiger partial charge in [-0.05, 0) is 21.9 Å². The average Bonchev–Trinajstić information content (AvgIpc) is 2.82. The monoisotopic (exact) mass is 450 g/mol. The number of ether oxygens (including phenoxy) is 1. The number of amides is 2. The molecule has 8 heteroatoms. The van der Waals surface area contributed by atoms with Crippen LogP contribution >= 0.6 is 0 Å². The molecule has 0 radical (unpaired) electrons. The highest BCUT2D eigenvalue weighted by molar-refractivity contribution is 5.85. The lowest BCUT2D eigenvalue weighted by Crippen LogP contribution is -2.50. The van der Waals surface area contributed by atoms with Gasteiger partial charge in [0.25, 0.3) is 0 Å². The molecular formula is C25H26N2O6. The Balaban J connectivity index is 1.54. The summed E-state index contributed by atoms with van der Waals surface area (Å²) in [4.78, 5) is 37.3. The van der Waals surface area contributed by atoms with Gasteiger partial charge in [-0.1, -0.05) is 72.8 Å². The van der Waals surface area contributed by atoms with Crippen LogP contribution in [-0.2, 0) is 27.4 Å². The number of nitrogens with one attached hydrogen (secondary N) is 1. The molecule has 0 aliphatic carbocycles. The number of benzene rings is 3. The van der Waals surface area contributed by atoms with E-state index in [0.29, 0.717) is 0 Å². The number of aliphatic hydroxyl groups is 1. The number of esters is 1. The van der Waals surface area contributed by atoms with Gasteiger partial charge < -0.3 is 25.2 Å². The first kappa shape index (κ1) is 23.7. The van der Waals surface area contributed by atoms with E-state index < -0.39 is 30.1 Å². The molecule has 33 heavy (non-hydrogen) atoms. The van der Waals surface area contributed by atoms with Crippen LogP contribution in [0.25, 0.3) is 10.8 Å². The van der Waals surface area contributed by atoms with Gasteiger partial charge >= 0.3 is 18.0 Å². The summed E-state index contributed by atoms with van der Waals surface area (Å²) in [5.74, 6) is -2.06. The molecule has 0 saturated heterocycles. The molecule has 3 aromatic carbocycles. The van der Waals surface area contributed by atoms with Gasteiger partial charge in [-0.3, -0.25) is 0 Å². The molecule has 3 N–H and O–H groups in total. The van der Waals surface area contributed by atoms with Gasteiger partial charge in [0.1, 0.15) is 12.6 Å². The van der Waals surface area contributed by atoms with Crippen LogP contribution in [0.15, 0.2) is 72.8 Å². The van der Waals surface area contributed by atoms with Crippen LogP contribution in [-0.4, -0.2) is 58.8 Å². The second-order valence-corrected chi connectivity index (χ2v) is 7.72. The Morgan fingerprint density at radius 3 is 2.30 bits per heavy atom. The quantitative estimate of drug-likeness (QED) is 0.432. The Bertz CT molecular complexity index is 1120. The molecule has 0 heterocycles. The fourth-order valence-electron chi connectivity index (χ4n) is 3.30. The zero-order valence-electron chi connectivity index (χ0n) is 18.2. The Morgan fingerprint density at radius 2 is 1.61 bits per heavy atom. The van der Waals surface area contributed by atoms with Crippen molar-refractivity contribution in [3.8, 4) is 0 Å². The van der Waals surface area contributed by atoms with E-state index >= 15 is 0 Å². The van der Waals surface area contributed by atoms with Crippen molar-refractivity contribution < 1.29 is 29.3 Å². The lowest BCUT2D eigenvalue weighted by Gasteiger charge is -2.23. The summed E-state index contributed by atoms with van der Waals surface area (Å²) in [5.41, 5.74) is 1.52. The zero-order chi connectivity index (χ0) is 23.8. The molecule has 2 atom stereocenters. The summed E-state index contributed by atoms with van der Waals surface area (Å²) in [6, 6.07) is 20.4. The van der Waals surface area contributed by atoms with Crippen molar-refractivity contribution in [1.82, 2.24) is 10.2 Å². The highest BCUT2D eigenvalue weighted by atomic mass is 16.5. The lowest BCUT2D eigenvalue weighted by atomic mass is 10.0. The molecule has 0 aliphatic heterocycles. The largest absolute Gasteiger partial charge is 0.480 e. The zero-order valence-corrected chi connectivity index (χ0v) is 18.2. The predicted octanol–water partition coefficient (Wildman–Crippen LogP) is 2.58. The molecule has 172 valence electrons. The molecule has 0 spiro atoms. The van der Waals surface area contributed by atoms with Gasteiger partial charge in [-0.15, -0.1) is 0 Å². The summed E-state index contributed by atoms with van der Waals surface area (Å²) < 4.78 is 5.06. The fourth-order valence-corrected chi connectivity index (χ4v) is 3.30. The van der Waals surface area contributed by atoms with Crippen molar-refractivity contribution in [2.45, 2.75) is 25.2 Å². The molecule has 0 bridgehead atoms. The molecule has 0 aliphatic rings. The summed E-state index contributed by atoms with van der Waals surface area (Å²) in [7, 11) is 1.36. The minimum atomic E-state index is -1.56. The first-order valence-electron chi connectivity index (χ1n) is 10.4. The van der Waals surface area contributed by atoms with E-state index in [-0.39, 0.29) is 19.6 Å². The molecule has 0 aromatic heterocycles. The molecular weight excluding hydrogens is 424 g/mol. The van der Waals surface area contributed by atoms with E-state index in [1.165, 1.54) is 7.05 Å². The van der Waals surface area contributed by atoms with Crippen molar-refractivity contribution in [3.63, 3.8) is 0 Å². The Labute approximate surface area is 191 Å². The molecule has 3 aromatic rings. The van der Waals surface area contributed by atoms with Crippen LogP contribution in [0, 0.1) is 0 Å². The number of nitrogens with zero attached hydrogens (tertiary/aromatic N) is 1. The third-order valence-electron chi connectivity index (χ3n) is 5.14. The van der Waals surface area contributed by atoms with E-state index in [2.05, 4.69) is 5.32 Å². The van der Waals surface area contributed by atoms with Crippen molar-refractivity contribution in [1.29, 1.82) is 0 Å². The Kier molecular flexibility index (Phi) is 7.99. The second kappa shape index (κ2) is 11.1. The number of fused-ring (bicyclic) bond motifs is 1. The molecule has 0 fully saturated rings. The number of carboxylic acids is 1. The second-order valence-electron chi connectivity index (χ2n) is 7.72. The molecule has 2 amide bonds. The van der Waals surface area contributed by atoms with Crippen LogP contribution in [0.1, 0.15) is 11.1 Å². The normalized spacial score (nSPS) is 12.5. The number of urea groups is 1. The Hall–Kier alpha value is -3.91. The minimum absolute atomic E-state index is 0.000506. The average molecular weight is 450 g/mol. The van der Waals surface area contributed by atoms with Crippen molar-refractivity contribution in [2.24, 2.45) is 0 Å². The number of hydrogen-bond acceptors (Lipinski definition) is 5. The Morgan fingerprint density at radius 1 is 0.939 bits per heavy atom. The smallest absolute Gasteiger partial charge is 0.337 e. The van der Waals surface area contributed by atoms with Crippen molar-refractivity contribution in [3.05, 3.63) is 83.9 Å². The van der Waals surface area contributed by atoms with Gasteiger partial charge in [0.15, 0.2) is 6.10 Å². The minimum Gasteiger partial charge on any atom is -0.480 e. The first-order valence-corrected chi connectivity index (χ1v) is 10.4. The van der Waals surface area contributed by atoms with E-state index in [0.717, 1.165) is 26.8 Å². The number of carboxylic acid groups (broad SMARTS) is 1. The molecule has 1 unspecified atom stereocenters. The lowest BCUT2D eigenvalue weighted by molar-refractivity contribution is -0.155. The summed E-state index contributed by atoms with van der Waals surface area (Å²) in [5, 5.41) is 24.1. The van der Waals surface area contributed by atoms with Crippen molar-refractivity contribution in [2.75, 3.05) is 13.6 Å².